The van der Waals surface area contributed by atoms with Crippen molar-refractivity contribution in [3.63, 3.8) is 0 Å². The molecule has 4 aromatic rings. The Bertz CT molecular complexity index is 1260. The Kier molecular flexibility index (Phi) is 6.65. The van der Waals surface area contributed by atoms with Crippen molar-refractivity contribution in [3.8, 4) is 22.8 Å². The molecule has 3 aromatic carbocycles. The van der Waals surface area contributed by atoms with Crippen LogP contribution in [0.3, 0.4) is 0 Å². The number of non-ortho nitro benzene ring substituents is 1. The molecule has 1 heterocycles. The van der Waals surface area contributed by atoms with Gasteiger partial charge in [0.05, 0.1) is 17.8 Å². The number of benzene rings is 3. The Morgan fingerprint density at radius 1 is 1.03 bits per heavy atom. The zero-order chi connectivity index (χ0) is 23.2. The summed E-state index contributed by atoms with van der Waals surface area (Å²) in [7, 11) is 1.58. The standard InChI is InChI=1S/C23H19N5O4S/c1-32-20-13-9-17(10-14-20)24-21(29)15-33-23-26-25-22(27(23)18-5-3-2-4-6-18)16-7-11-19(12-8-16)28(30)31/h2-14H,15H2,1H3,(H,24,29). The zero-order valence-corrected chi connectivity index (χ0v) is 18.4. The molecule has 0 bridgehead atoms. The van der Waals surface area contributed by atoms with Crippen molar-refractivity contribution in [1.29, 1.82) is 0 Å². The van der Waals surface area contributed by atoms with Gasteiger partial charge in [0.1, 0.15) is 5.75 Å². The first-order valence-corrected chi connectivity index (χ1v) is 10.9. The molecular weight excluding hydrogens is 442 g/mol. The second-order valence-corrected chi connectivity index (χ2v) is 7.79. The van der Waals surface area contributed by atoms with Gasteiger partial charge < -0.3 is 10.1 Å². The summed E-state index contributed by atoms with van der Waals surface area (Å²) < 4.78 is 6.95. The lowest BCUT2D eigenvalue weighted by Gasteiger charge is -2.10. The van der Waals surface area contributed by atoms with Crippen LogP contribution in [-0.4, -0.2) is 38.5 Å². The predicted octanol–water partition coefficient (Wildman–Crippen LogP) is 4.58. The number of methoxy groups -OCH3 is 1. The van der Waals surface area contributed by atoms with E-state index in [-0.39, 0.29) is 17.3 Å². The van der Waals surface area contributed by atoms with Crippen LogP contribution in [-0.2, 0) is 4.79 Å². The molecule has 0 saturated carbocycles. The van der Waals surface area contributed by atoms with E-state index >= 15 is 0 Å². The fraction of sp³-hybridized carbons (Fsp3) is 0.0870. The number of thioether (sulfide) groups is 1. The number of nitro benzene ring substituents is 1. The number of hydrogen-bond acceptors (Lipinski definition) is 7. The quantitative estimate of drug-likeness (QED) is 0.232. The Balaban J connectivity index is 1.56. The third-order valence-electron chi connectivity index (χ3n) is 4.69. The molecule has 1 amide bonds. The minimum absolute atomic E-state index is 0.00525. The van der Waals surface area contributed by atoms with Crippen LogP contribution in [0.5, 0.6) is 5.75 Å². The Morgan fingerprint density at radius 2 is 1.73 bits per heavy atom. The molecule has 0 spiro atoms. The maximum atomic E-state index is 12.5. The van der Waals surface area contributed by atoms with Gasteiger partial charge in [-0.25, -0.2) is 0 Å². The van der Waals surface area contributed by atoms with Crippen molar-refractivity contribution in [2.75, 3.05) is 18.2 Å². The number of nitrogens with one attached hydrogen (secondary N) is 1. The van der Waals surface area contributed by atoms with Gasteiger partial charge in [0.25, 0.3) is 5.69 Å². The van der Waals surface area contributed by atoms with Crippen LogP contribution in [0, 0.1) is 10.1 Å². The van der Waals surface area contributed by atoms with E-state index in [2.05, 4.69) is 15.5 Å². The SMILES string of the molecule is COc1ccc(NC(=O)CSc2nnc(-c3ccc([N+](=O)[O-])cc3)n2-c2ccccc2)cc1. The van der Waals surface area contributed by atoms with Gasteiger partial charge in [-0.15, -0.1) is 10.2 Å². The number of rotatable bonds is 8. The molecule has 4 rings (SSSR count). The van der Waals surface area contributed by atoms with Gasteiger partial charge in [0.15, 0.2) is 11.0 Å². The van der Waals surface area contributed by atoms with Gasteiger partial charge in [-0.05, 0) is 48.5 Å². The van der Waals surface area contributed by atoms with Crippen molar-refractivity contribution in [2.24, 2.45) is 0 Å². The third-order valence-corrected chi connectivity index (χ3v) is 5.62. The van der Waals surface area contributed by atoms with E-state index in [4.69, 9.17) is 4.74 Å². The van der Waals surface area contributed by atoms with Gasteiger partial charge in [-0.3, -0.25) is 19.5 Å². The minimum atomic E-state index is -0.450. The summed E-state index contributed by atoms with van der Waals surface area (Å²) in [6.07, 6.45) is 0. The zero-order valence-electron chi connectivity index (χ0n) is 17.5. The van der Waals surface area contributed by atoms with Crippen LogP contribution < -0.4 is 10.1 Å². The lowest BCUT2D eigenvalue weighted by atomic mass is 10.2. The summed E-state index contributed by atoms with van der Waals surface area (Å²) in [4.78, 5) is 23.0. The van der Waals surface area contributed by atoms with Gasteiger partial charge in [-0.1, -0.05) is 30.0 Å². The summed E-state index contributed by atoms with van der Waals surface area (Å²) in [6, 6.07) is 22.7. The highest BCUT2D eigenvalue weighted by atomic mass is 32.2. The number of nitro groups is 1. The van der Waals surface area contributed by atoms with Gasteiger partial charge in [0, 0.05) is 29.1 Å². The van der Waals surface area contributed by atoms with E-state index in [1.807, 2.05) is 34.9 Å². The lowest BCUT2D eigenvalue weighted by Crippen LogP contribution is -2.14. The van der Waals surface area contributed by atoms with Crippen LogP contribution in [0.15, 0.2) is 84.0 Å². The highest BCUT2D eigenvalue weighted by molar-refractivity contribution is 7.99. The average molecular weight is 462 g/mol. The van der Waals surface area contributed by atoms with E-state index in [9.17, 15) is 14.9 Å². The highest BCUT2D eigenvalue weighted by Gasteiger charge is 2.18. The van der Waals surface area contributed by atoms with Gasteiger partial charge in [-0.2, -0.15) is 0 Å². The predicted molar refractivity (Wildman–Crippen MR) is 126 cm³/mol. The summed E-state index contributed by atoms with van der Waals surface area (Å²) in [5.74, 6) is 1.16. The van der Waals surface area contributed by atoms with Crippen molar-refractivity contribution >= 4 is 29.0 Å². The molecule has 0 aliphatic heterocycles. The Morgan fingerprint density at radius 3 is 2.36 bits per heavy atom. The van der Waals surface area contributed by atoms with Crippen LogP contribution in [0.2, 0.25) is 0 Å². The Hall–Kier alpha value is -4.18. The van der Waals surface area contributed by atoms with E-state index in [0.29, 0.717) is 28.0 Å². The summed E-state index contributed by atoms with van der Waals surface area (Å²) in [5.41, 5.74) is 2.15. The second kappa shape index (κ2) is 9.96. The van der Waals surface area contributed by atoms with Gasteiger partial charge >= 0.3 is 0 Å². The molecule has 0 unspecified atom stereocenters. The first-order chi connectivity index (χ1) is 16.0. The molecule has 33 heavy (non-hydrogen) atoms. The number of amides is 1. The number of anilines is 1. The highest BCUT2D eigenvalue weighted by Crippen LogP contribution is 2.29. The molecule has 9 nitrogen and oxygen atoms in total. The third kappa shape index (κ3) is 5.18. The largest absolute Gasteiger partial charge is 0.497 e. The van der Waals surface area contributed by atoms with E-state index in [0.717, 1.165) is 5.69 Å². The van der Waals surface area contributed by atoms with E-state index < -0.39 is 4.92 Å². The first-order valence-electron chi connectivity index (χ1n) is 9.87. The van der Waals surface area contributed by atoms with Crippen LogP contribution >= 0.6 is 11.8 Å². The smallest absolute Gasteiger partial charge is 0.269 e. The molecule has 166 valence electrons. The fourth-order valence-corrected chi connectivity index (χ4v) is 3.85. The van der Waals surface area contributed by atoms with Gasteiger partial charge in [0.2, 0.25) is 5.91 Å². The average Bonchev–Trinajstić information content (AvgIpc) is 3.28. The molecular formula is C23H19N5O4S. The lowest BCUT2D eigenvalue weighted by molar-refractivity contribution is -0.384. The molecule has 0 atom stereocenters. The normalized spacial score (nSPS) is 10.6. The molecule has 0 fully saturated rings. The minimum Gasteiger partial charge on any atom is -0.497 e. The maximum Gasteiger partial charge on any atom is 0.269 e. The number of para-hydroxylation sites is 1. The van der Waals surface area contributed by atoms with Crippen molar-refractivity contribution in [3.05, 3.63) is 89.0 Å². The molecule has 0 saturated heterocycles. The van der Waals surface area contributed by atoms with Crippen LogP contribution in [0.1, 0.15) is 0 Å². The molecule has 0 radical (unpaired) electrons. The van der Waals surface area contributed by atoms with Crippen molar-refractivity contribution < 1.29 is 14.5 Å². The Labute approximate surface area is 193 Å². The number of nitrogens with zero attached hydrogens (tertiary/aromatic N) is 4. The van der Waals surface area contributed by atoms with Crippen molar-refractivity contribution in [1.82, 2.24) is 14.8 Å². The summed E-state index contributed by atoms with van der Waals surface area (Å²) >= 11 is 1.24. The number of hydrogen-bond donors (Lipinski definition) is 1. The number of carbonyl (C=O) groups excluding carboxylic acids is 1. The van der Waals surface area contributed by atoms with Crippen molar-refractivity contribution in [2.45, 2.75) is 5.16 Å². The molecule has 0 aliphatic rings. The second-order valence-electron chi connectivity index (χ2n) is 6.85. The molecule has 0 aliphatic carbocycles. The first kappa shape index (κ1) is 22.0. The molecule has 10 heteroatoms. The summed E-state index contributed by atoms with van der Waals surface area (Å²) in [6.45, 7) is 0. The maximum absolute atomic E-state index is 12.5. The van der Waals surface area contributed by atoms with E-state index in [1.54, 1.807) is 43.5 Å². The summed E-state index contributed by atoms with van der Waals surface area (Å²) in [5, 5.41) is 22.9. The number of ether oxygens (including phenoxy) is 1. The molecule has 1 aromatic heterocycles. The van der Waals surface area contributed by atoms with E-state index in [1.165, 1.54) is 23.9 Å². The van der Waals surface area contributed by atoms with Crippen LogP contribution in [0.4, 0.5) is 11.4 Å². The molecule has 1 N–H and O–H groups in total. The topological polar surface area (TPSA) is 112 Å². The number of carbonyl (C=O) groups is 1. The monoisotopic (exact) mass is 461 g/mol. The van der Waals surface area contributed by atoms with Crippen LogP contribution in [0.25, 0.3) is 17.1 Å². The fourth-order valence-electron chi connectivity index (χ4n) is 3.09. The number of aromatic nitrogens is 3.